The number of hydrogen-bond donors (Lipinski definition) is 3. The largest absolute Gasteiger partial charge is 0.478 e. The molecule has 19 heavy (non-hydrogen) atoms. The SMILES string of the molecule is CC(CCCO)Nc1cc([N+](=O)[O-])ccc1C(=O)O. The molecule has 0 heterocycles. The zero-order chi connectivity index (χ0) is 14.4. The molecule has 0 saturated carbocycles. The Labute approximate surface area is 110 Å². The van der Waals surface area contributed by atoms with Gasteiger partial charge in [-0.25, -0.2) is 4.79 Å². The molecule has 7 heteroatoms. The molecule has 1 rings (SSSR count). The van der Waals surface area contributed by atoms with Crippen molar-refractivity contribution in [1.29, 1.82) is 0 Å². The summed E-state index contributed by atoms with van der Waals surface area (Å²) in [6.07, 6.45) is 1.21. The van der Waals surface area contributed by atoms with Gasteiger partial charge in [-0.15, -0.1) is 0 Å². The van der Waals surface area contributed by atoms with Crippen LogP contribution in [0.5, 0.6) is 0 Å². The molecule has 1 atom stereocenters. The molecule has 0 radical (unpaired) electrons. The van der Waals surface area contributed by atoms with E-state index in [1.807, 2.05) is 6.92 Å². The second kappa shape index (κ2) is 6.69. The maximum absolute atomic E-state index is 11.0. The van der Waals surface area contributed by atoms with Crippen LogP contribution in [-0.2, 0) is 0 Å². The van der Waals surface area contributed by atoms with Crippen molar-refractivity contribution in [2.75, 3.05) is 11.9 Å². The van der Waals surface area contributed by atoms with Gasteiger partial charge in [-0.3, -0.25) is 10.1 Å². The second-order valence-corrected chi connectivity index (χ2v) is 4.20. The number of nitro groups is 1. The summed E-state index contributed by atoms with van der Waals surface area (Å²) in [5.41, 5.74) is 0.0375. The van der Waals surface area contributed by atoms with Crippen molar-refractivity contribution >= 4 is 17.3 Å². The van der Waals surface area contributed by atoms with Gasteiger partial charge >= 0.3 is 5.97 Å². The first kappa shape index (κ1) is 14.9. The minimum absolute atomic E-state index is 0.0125. The first-order valence-electron chi connectivity index (χ1n) is 5.85. The summed E-state index contributed by atoms with van der Waals surface area (Å²) in [4.78, 5) is 21.2. The monoisotopic (exact) mass is 268 g/mol. The fourth-order valence-corrected chi connectivity index (χ4v) is 1.69. The van der Waals surface area contributed by atoms with Crippen LogP contribution in [0.1, 0.15) is 30.1 Å². The molecule has 7 nitrogen and oxygen atoms in total. The van der Waals surface area contributed by atoms with E-state index in [1.54, 1.807) is 0 Å². The minimum Gasteiger partial charge on any atom is -0.478 e. The summed E-state index contributed by atoms with van der Waals surface area (Å²) in [5.74, 6) is -1.15. The Hall–Kier alpha value is -2.15. The van der Waals surface area contributed by atoms with E-state index in [0.717, 1.165) is 6.07 Å². The van der Waals surface area contributed by atoms with Crippen LogP contribution in [0.3, 0.4) is 0 Å². The average Bonchev–Trinajstić information content (AvgIpc) is 2.35. The van der Waals surface area contributed by atoms with E-state index >= 15 is 0 Å². The van der Waals surface area contributed by atoms with E-state index < -0.39 is 10.9 Å². The third-order valence-corrected chi connectivity index (χ3v) is 2.64. The summed E-state index contributed by atoms with van der Waals surface area (Å²) in [7, 11) is 0. The number of nitrogens with one attached hydrogen (secondary N) is 1. The normalized spacial score (nSPS) is 11.9. The van der Waals surface area contributed by atoms with Crippen LogP contribution in [-0.4, -0.2) is 33.8 Å². The lowest BCUT2D eigenvalue weighted by Crippen LogP contribution is -2.18. The van der Waals surface area contributed by atoms with Gasteiger partial charge in [-0.05, 0) is 25.8 Å². The number of anilines is 1. The Morgan fingerprint density at radius 2 is 2.21 bits per heavy atom. The number of nitrogens with zero attached hydrogens (tertiary/aromatic N) is 1. The number of non-ortho nitro benzene ring substituents is 1. The smallest absolute Gasteiger partial charge is 0.337 e. The van der Waals surface area contributed by atoms with Crippen LogP contribution in [0.25, 0.3) is 0 Å². The Morgan fingerprint density at radius 3 is 2.74 bits per heavy atom. The first-order valence-corrected chi connectivity index (χ1v) is 5.85. The minimum atomic E-state index is -1.15. The summed E-state index contributed by atoms with van der Waals surface area (Å²) in [6.45, 7) is 1.87. The van der Waals surface area contributed by atoms with Crippen LogP contribution >= 0.6 is 0 Å². The molecular formula is C12H16N2O5. The quantitative estimate of drug-likeness (QED) is 0.514. The molecule has 0 aliphatic heterocycles. The molecule has 104 valence electrons. The molecule has 0 bridgehead atoms. The van der Waals surface area contributed by atoms with Crippen molar-refractivity contribution in [2.24, 2.45) is 0 Å². The average molecular weight is 268 g/mol. The second-order valence-electron chi connectivity index (χ2n) is 4.20. The summed E-state index contributed by atoms with van der Waals surface area (Å²) in [6, 6.07) is 3.49. The zero-order valence-corrected chi connectivity index (χ0v) is 10.5. The lowest BCUT2D eigenvalue weighted by molar-refractivity contribution is -0.384. The maximum atomic E-state index is 11.0. The standard InChI is InChI=1S/C12H16N2O5/c1-8(3-2-6-15)13-11-7-9(14(18)19)4-5-10(11)12(16)17/h4-5,7-8,13,15H,2-3,6H2,1H3,(H,16,17). The van der Waals surface area contributed by atoms with E-state index in [4.69, 9.17) is 10.2 Å². The Bertz CT molecular complexity index is 475. The van der Waals surface area contributed by atoms with Gasteiger partial charge in [0.2, 0.25) is 0 Å². The van der Waals surface area contributed by atoms with E-state index in [1.165, 1.54) is 12.1 Å². The Morgan fingerprint density at radius 1 is 1.53 bits per heavy atom. The van der Waals surface area contributed by atoms with Crippen LogP contribution in [0.2, 0.25) is 0 Å². The molecule has 1 aromatic carbocycles. The predicted molar refractivity (Wildman–Crippen MR) is 69.5 cm³/mol. The van der Waals surface area contributed by atoms with Crippen molar-refractivity contribution in [3.63, 3.8) is 0 Å². The van der Waals surface area contributed by atoms with E-state index in [2.05, 4.69) is 5.32 Å². The molecule has 1 unspecified atom stereocenters. The van der Waals surface area contributed by atoms with Crippen LogP contribution in [0.15, 0.2) is 18.2 Å². The Kier molecular flexibility index (Phi) is 5.25. The number of aliphatic hydroxyl groups is 1. The predicted octanol–water partition coefficient (Wildman–Crippen LogP) is 1.87. The highest BCUT2D eigenvalue weighted by Crippen LogP contribution is 2.24. The number of carbonyl (C=O) groups is 1. The number of rotatable bonds is 7. The van der Waals surface area contributed by atoms with Gasteiger partial charge < -0.3 is 15.5 Å². The van der Waals surface area contributed by atoms with Crippen LogP contribution in [0, 0.1) is 10.1 Å². The number of aromatic carboxylic acids is 1. The van der Waals surface area contributed by atoms with Crippen molar-refractivity contribution < 1.29 is 19.9 Å². The highest BCUT2D eigenvalue weighted by Gasteiger charge is 2.16. The van der Waals surface area contributed by atoms with Crippen molar-refractivity contribution in [2.45, 2.75) is 25.8 Å². The van der Waals surface area contributed by atoms with Gasteiger partial charge in [-0.1, -0.05) is 0 Å². The third-order valence-electron chi connectivity index (χ3n) is 2.64. The van der Waals surface area contributed by atoms with Gasteiger partial charge in [0, 0.05) is 24.8 Å². The number of aliphatic hydroxyl groups excluding tert-OH is 1. The van der Waals surface area contributed by atoms with Gasteiger partial charge in [0.15, 0.2) is 0 Å². The van der Waals surface area contributed by atoms with Crippen molar-refractivity contribution in [3.05, 3.63) is 33.9 Å². The van der Waals surface area contributed by atoms with Gasteiger partial charge in [0.25, 0.3) is 5.69 Å². The topological polar surface area (TPSA) is 113 Å². The van der Waals surface area contributed by atoms with E-state index in [0.29, 0.717) is 12.8 Å². The highest BCUT2D eigenvalue weighted by molar-refractivity contribution is 5.94. The summed E-state index contributed by atoms with van der Waals surface area (Å²) >= 11 is 0. The molecule has 1 aromatic rings. The molecule has 0 spiro atoms. The number of hydrogen-bond acceptors (Lipinski definition) is 5. The summed E-state index contributed by atoms with van der Waals surface area (Å²) < 4.78 is 0. The lowest BCUT2D eigenvalue weighted by atomic mass is 10.1. The number of benzene rings is 1. The molecule has 3 N–H and O–H groups in total. The number of carboxylic acids is 1. The zero-order valence-electron chi connectivity index (χ0n) is 10.5. The maximum Gasteiger partial charge on any atom is 0.337 e. The van der Waals surface area contributed by atoms with Crippen molar-refractivity contribution in [1.82, 2.24) is 0 Å². The number of carboxylic acid groups (broad SMARTS) is 1. The highest BCUT2D eigenvalue weighted by atomic mass is 16.6. The van der Waals surface area contributed by atoms with Crippen LogP contribution < -0.4 is 5.32 Å². The molecular weight excluding hydrogens is 252 g/mol. The van der Waals surface area contributed by atoms with Gasteiger partial charge in [0.05, 0.1) is 16.2 Å². The molecule has 0 saturated heterocycles. The van der Waals surface area contributed by atoms with Crippen LogP contribution in [0.4, 0.5) is 11.4 Å². The van der Waals surface area contributed by atoms with Gasteiger partial charge in [0.1, 0.15) is 0 Å². The molecule has 0 amide bonds. The first-order chi connectivity index (χ1) is 8.95. The Balaban J connectivity index is 2.97. The molecule has 0 fully saturated rings. The molecule has 0 aliphatic carbocycles. The number of nitro benzene ring substituents is 1. The van der Waals surface area contributed by atoms with E-state index in [9.17, 15) is 14.9 Å². The van der Waals surface area contributed by atoms with E-state index in [-0.39, 0.29) is 29.6 Å². The molecule has 0 aromatic heterocycles. The molecule has 0 aliphatic rings. The third kappa shape index (κ3) is 4.22. The van der Waals surface area contributed by atoms with Crippen molar-refractivity contribution in [3.8, 4) is 0 Å². The lowest BCUT2D eigenvalue weighted by Gasteiger charge is -2.16. The fraction of sp³-hybridized carbons (Fsp3) is 0.417. The fourth-order valence-electron chi connectivity index (χ4n) is 1.69. The van der Waals surface area contributed by atoms with Gasteiger partial charge in [-0.2, -0.15) is 0 Å². The summed E-state index contributed by atoms with van der Waals surface area (Å²) in [5, 5.41) is 31.4.